The summed E-state index contributed by atoms with van der Waals surface area (Å²) >= 11 is 1.82. The molecule has 0 unspecified atom stereocenters. The fourth-order valence-electron chi connectivity index (χ4n) is 9.17. The van der Waals surface area contributed by atoms with Crippen molar-refractivity contribution in [3.05, 3.63) is 212 Å². The molecule has 0 amide bonds. The summed E-state index contributed by atoms with van der Waals surface area (Å²) in [6.45, 7) is 0. The van der Waals surface area contributed by atoms with Gasteiger partial charge in [-0.15, -0.1) is 11.3 Å². The quantitative estimate of drug-likeness (QED) is 0.167. The second-order valence-electron chi connectivity index (χ2n) is 16.3. The van der Waals surface area contributed by atoms with Crippen molar-refractivity contribution in [1.82, 2.24) is 24.3 Å². The minimum Gasteiger partial charge on any atom is -0.291 e. The summed E-state index contributed by atoms with van der Waals surface area (Å²) in [4.78, 5) is 20.8. The van der Waals surface area contributed by atoms with Crippen LogP contribution < -0.4 is 0 Å². The molecule has 0 bridgehead atoms. The fraction of sp³-hybridized carbons (Fsp3) is 0. The van der Waals surface area contributed by atoms with Crippen molar-refractivity contribution in [3.63, 3.8) is 0 Å². The Balaban J connectivity index is 0.967. The molecule has 4 heterocycles. The monoisotopic (exact) mass is 833 g/mol. The fourth-order valence-corrected chi connectivity index (χ4v) is 10.4. The Morgan fingerprint density at radius 3 is 1.38 bits per heavy atom. The van der Waals surface area contributed by atoms with E-state index in [1.807, 2.05) is 23.5 Å². The van der Waals surface area contributed by atoms with Crippen LogP contribution in [-0.4, -0.2) is 24.3 Å². The molecule has 0 aliphatic heterocycles. The number of imidazole rings is 1. The normalized spacial score (nSPS) is 11.8. The first-order chi connectivity index (χ1) is 31.7. The molecule has 4 aromatic heterocycles. The minimum absolute atomic E-state index is 0.613. The van der Waals surface area contributed by atoms with Crippen LogP contribution in [0.25, 0.3) is 126 Å². The van der Waals surface area contributed by atoms with Crippen LogP contribution in [-0.2, 0) is 0 Å². The molecular formula is C58H35N5S. The molecule has 13 aromatic rings. The van der Waals surface area contributed by atoms with E-state index in [1.165, 1.54) is 47.5 Å². The smallest absolute Gasteiger partial charge is 0.164 e. The molecule has 0 N–H and O–H groups in total. The number of aromatic nitrogens is 5. The van der Waals surface area contributed by atoms with E-state index in [-0.39, 0.29) is 0 Å². The van der Waals surface area contributed by atoms with Crippen molar-refractivity contribution < 1.29 is 0 Å². The van der Waals surface area contributed by atoms with Gasteiger partial charge in [0.25, 0.3) is 0 Å². The van der Waals surface area contributed by atoms with E-state index in [0.29, 0.717) is 17.5 Å². The molecule has 6 heteroatoms. The van der Waals surface area contributed by atoms with Gasteiger partial charge in [0, 0.05) is 37.5 Å². The summed E-state index contributed by atoms with van der Waals surface area (Å²) in [5.41, 5.74) is 12.6. The number of fused-ring (bicyclic) bond motifs is 10. The van der Waals surface area contributed by atoms with Gasteiger partial charge in [-0.3, -0.25) is 4.40 Å². The molecule has 0 aliphatic carbocycles. The molecule has 0 fully saturated rings. The number of nitrogens with zero attached hydrogens (tertiary/aromatic N) is 5. The molecule has 0 atom stereocenters. The number of thiophene rings is 1. The first kappa shape index (κ1) is 36.3. The molecule has 0 saturated carbocycles. The number of benzene rings is 9. The van der Waals surface area contributed by atoms with Crippen LogP contribution in [0.4, 0.5) is 0 Å². The predicted molar refractivity (Wildman–Crippen MR) is 267 cm³/mol. The van der Waals surface area contributed by atoms with Crippen LogP contribution in [0.3, 0.4) is 0 Å². The van der Waals surface area contributed by atoms with Crippen molar-refractivity contribution >= 4 is 69.7 Å². The zero-order valence-corrected chi connectivity index (χ0v) is 35.2. The molecule has 0 saturated heterocycles. The van der Waals surface area contributed by atoms with Gasteiger partial charge in [-0.05, 0) is 68.2 Å². The van der Waals surface area contributed by atoms with Gasteiger partial charge in [0.15, 0.2) is 23.1 Å². The number of pyridine rings is 1. The summed E-state index contributed by atoms with van der Waals surface area (Å²) in [7, 11) is 0. The highest BCUT2D eigenvalue weighted by molar-refractivity contribution is 7.26. The van der Waals surface area contributed by atoms with Gasteiger partial charge in [-0.2, -0.15) is 0 Å². The molecule has 5 nitrogen and oxygen atoms in total. The van der Waals surface area contributed by atoms with Gasteiger partial charge in [-0.25, -0.2) is 19.9 Å². The Bertz CT molecular complexity index is 3810. The maximum atomic E-state index is 5.46. The first-order valence-electron chi connectivity index (χ1n) is 21.5. The Morgan fingerprint density at radius 1 is 0.328 bits per heavy atom. The third-order valence-electron chi connectivity index (χ3n) is 12.4. The SMILES string of the molecule is c1ccc(-c2ccc(-c3nc(-c4ccc(-c5ccccc5)cc4)nc(-c4ccc(-c5cc6c7cc8ccccc8cc7sc6c6nc7c8ccccc8ccc7n56)cc4)n3)cc2)cc1. The van der Waals surface area contributed by atoms with Gasteiger partial charge < -0.3 is 0 Å². The van der Waals surface area contributed by atoms with E-state index < -0.39 is 0 Å². The van der Waals surface area contributed by atoms with Gasteiger partial charge >= 0.3 is 0 Å². The number of hydrogen-bond acceptors (Lipinski definition) is 5. The van der Waals surface area contributed by atoms with Crippen LogP contribution >= 0.6 is 11.3 Å². The maximum Gasteiger partial charge on any atom is 0.164 e. The van der Waals surface area contributed by atoms with Crippen molar-refractivity contribution in [1.29, 1.82) is 0 Å². The average Bonchev–Trinajstić information content (AvgIpc) is 3.95. The van der Waals surface area contributed by atoms with E-state index in [1.54, 1.807) is 0 Å². The molecular weight excluding hydrogens is 799 g/mol. The summed E-state index contributed by atoms with van der Waals surface area (Å²) in [6.07, 6.45) is 0. The molecule has 298 valence electrons. The van der Waals surface area contributed by atoms with E-state index >= 15 is 0 Å². The van der Waals surface area contributed by atoms with E-state index in [0.717, 1.165) is 61.1 Å². The molecule has 64 heavy (non-hydrogen) atoms. The minimum atomic E-state index is 0.613. The van der Waals surface area contributed by atoms with Crippen LogP contribution in [0.5, 0.6) is 0 Å². The summed E-state index contributed by atoms with van der Waals surface area (Å²) in [5.74, 6) is 1.86. The third kappa shape index (κ3) is 6.07. The molecule has 0 radical (unpaired) electrons. The Morgan fingerprint density at radius 2 is 0.797 bits per heavy atom. The highest BCUT2D eigenvalue weighted by Crippen LogP contribution is 2.43. The molecule has 13 rings (SSSR count). The first-order valence-corrected chi connectivity index (χ1v) is 22.3. The largest absolute Gasteiger partial charge is 0.291 e. The van der Waals surface area contributed by atoms with Gasteiger partial charge in [-0.1, -0.05) is 188 Å². The summed E-state index contributed by atoms with van der Waals surface area (Å²) in [5, 5.41) is 7.26. The lowest BCUT2D eigenvalue weighted by Crippen LogP contribution is -2.00. The lowest BCUT2D eigenvalue weighted by Gasteiger charge is -2.11. The van der Waals surface area contributed by atoms with Crippen molar-refractivity contribution in [2.45, 2.75) is 0 Å². The summed E-state index contributed by atoms with van der Waals surface area (Å²) in [6, 6.07) is 75.0. The van der Waals surface area contributed by atoms with E-state index in [4.69, 9.17) is 19.9 Å². The predicted octanol–water partition coefficient (Wildman–Crippen LogP) is 15.3. The van der Waals surface area contributed by atoms with Crippen LogP contribution in [0.2, 0.25) is 0 Å². The van der Waals surface area contributed by atoms with Crippen LogP contribution in [0.15, 0.2) is 212 Å². The van der Waals surface area contributed by atoms with Gasteiger partial charge in [0.2, 0.25) is 0 Å². The number of hydrogen-bond donors (Lipinski definition) is 0. The summed E-state index contributed by atoms with van der Waals surface area (Å²) < 4.78 is 4.79. The Hall–Kier alpha value is -8.32. The highest BCUT2D eigenvalue weighted by atomic mass is 32.1. The van der Waals surface area contributed by atoms with Gasteiger partial charge in [0.05, 0.1) is 21.4 Å². The lowest BCUT2D eigenvalue weighted by atomic mass is 10.0. The van der Waals surface area contributed by atoms with Crippen molar-refractivity contribution in [2.75, 3.05) is 0 Å². The zero-order valence-electron chi connectivity index (χ0n) is 34.4. The molecule has 0 aliphatic rings. The third-order valence-corrected chi connectivity index (χ3v) is 13.6. The second kappa shape index (κ2) is 14.7. The van der Waals surface area contributed by atoms with Crippen molar-refractivity contribution in [2.24, 2.45) is 0 Å². The Labute approximate surface area is 372 Å². The molecule has 9 aromatic carbocycles. The highest BCUT2D eigenvalue weighted by Gasteiger charge is 2.20. The zero-order chi connectivity index (χ0) is 42.1. The maximum absolute atomic E-state index is 5.46. The van der Waals surface area contributed by atoms with Crippen molar-refractivity contribution in [3.8, 4) is 67.7 Å². The van der Waals surface area contributed by atoms with Gasteiger partial charge in [0.1, 0.15) is 0 Å². The topological polar surface area (TPSA) is 56.0 Å². The second-order valence-corrected chi connectivity index (χ2v) is 17.3. The Kier molecular flexibility index (Phi) is 8.32. The number of rotatable bonds is 6. The molecule has 0 spiro atoms. The average molecular weight is 834 g/mol. The van der Waals surface area contributed by atoms with Crippen LogP contribution in [0, 0.1) is 0 Å². The van der Waals surface area contributed by atoms with Crippen LogP contribution in [0.1, 0.15) is 0 Å². The van der Waals surface area contributed by atoms with E-state index in [2.05, 4.69) is 205 Å². The standard InChI is InChI=1S/C58H35N5S/c1-3-11-36(12-4-1)38-19-25-42(26-20-38)55-60-56(43-27-21-39(22-28-43)37-13-5-2-6-14-37)62-57(61-55)44-29-23-41(24-30-44)51-35-49-48-33-45-16-7-8-17-46(45)34-52(48)64-54(49)58-59-53-47-18-10-9-15-40(47)31-32-50(53)63(51)58/h1-35H. The van der Waals surface area contributed by atoms with E-state index in [9.17, 15) is 0 Å². The lowest BCUT2D eigenvalue weighted by molar-refractivity contribution is 1.07.